The number of likely N-dealkylation sites (tertiary alicyclic amines) is 1. The second-order valence-corrected chi connectivity index (χ2v) is 10.1. The van der Waals surface area contributed by atoms with Crippen molar-refractivity contribution in [1.82, 2.24) is 10.2 Å². The lowest BCUT2D eigenvalue weighted by molar-refractivity contribution is -0.165. The van der Waals surface area contributed by atoms with Gasteiger partial charge in [0.15, 0.2) is 12.2 Å². The fourth-order valence-electron chi connectivity index (χ4n) is 4.26. The summed E-state index contributed by atoms with van der Waals surface area (Å²) in [5.41, 5.74) is 1.53. The summed E-state index contributed by atoms with van der Waals surface area (Å²) in [5.74, 6) is -1.79. The van der Waals surface area contributed by atoms with E-state index in [4.69, 9.17) is 20.4 Å². The highest BCUT2D eigenvalue weighted by Crippen LogP contribution is 2.48. The fraction of sp³-hybridized carbons (Fsp3) is 0.667. The minimum Gasteiger partial charge on any atom is -0.479 e. The zero-order chi connectivity index (χ0) is 24.5. The van der Waals surface area contributed by atoms with Gasteiger partial charge in [-0.2, -0.15) is 0 Å². The quantitative estimate of drug-likeness (QED) is 0.381. The molecule has 0 bridgehead atoms. The van der Waals surface area contributed by atoms with Crippen LogP contribution in [0.5, 0.6) is 0 Å². The maximum Gasteiger partial charge on any atom is 0.335 e. The predicted molar refractivity (Wildman–Crippen MR) is 129 cm³/mol. The SMILES string of the molecule is C[C@@H]1CCCN1.C[C@H]1CCCN1C[C@@H]1C[C@H]1c1ccc(Br)cc1.O=C(O)C(O)C(O)C(=O)O. The monoisotopic (exact) mass is 528 g/mol. The molecule has 2 saturated heterocycles. The zero-order valence-electron chi connectivity index (χ0n) is 19.4. The van der Waals surface area contributed by atoms with Crippen LogP contribution in [0.25, 0.3) is 0 Å². The van der Waals surface area contributed by atoms with Crippen molar-refractivity contribution < 1.29 is 30.0 Å². The Hall–Kier alpha value is -1.52. The molecule has 1 aromatic rings. The number of nitrogens with zero attached hydrogens (tertiary/aromatic N) is 1. The van der Waals surface area contributed by atoms with Crippen molar-refractivity contribution in [2.75, 3.05) is 19.6 Å². The van der Waals surface area contributed by atoms with Crippen LogP contribution in [0.4, 0.5) is 0 Å². The van der Waals surface area contributed by atoms with Crippen molar-refractivity contribution in [2.45, 2.75) is 76.2 Å². The fourth-order valence-corrected chi connectivity index (χ4v) is 4.53. The summed E-state index contributed by atoms with van der Waals surface area (Å²) >= 11 is 3.50. The van der Waals surface area contributed by atoms with Gasteiger partial charge in [0.2, 0.25) is 0 Å². The predicted octanol–water partition coefficient (Wildman–Crippen LogP) is 2.67. The molecule has 2 aliphatic heterocycles. The Kier molecular flexibility index (Phi) is 11.2. The standard InChI is InChI=1S/C15H20BrN.C5H11N.C4H6O6/c1-11-3-2-8-17(11)10-13-9-15(13)12-4-6-14(16)7-5-12;1-5-3-2-4-6-5;5-1(3(7)8)2(6)4(9)10/h4-7,11,13,15H,2-3,8-10H2,1H3;5-6H,2-4H2,1H3;1-2,5-6H,(H,7,8)(H,9,10)/t11-,13-,15-;5-;/m01./s1. The smallest absolute Gasteiger partial charge is 0.335 e. The molecule has 0 spiro atoms. The third-order valence-corrected chi connectivity index (χ3v) is 7.02. The Bertz CT molecular complexity index is 738. The van der Waals surface area contributed by atoms with Gasteiger partial charge in [-0.05, 0) is 88.6 Å². The van der Waals surface area contributed by atoms with Gasteiger partial charge in [-0.15, -0.1) is 0 Å². The van der Waals surface area contributed by atoms with Crippen LogP contribution in [0.1, 0.15) is 57.4 Å². The number of aliphatic hydroxyl groups is 2. The van der Waals surface area contributed by atoms with Crippen molar-refractivity contribution in [2.24, 2.45) is 5.92 Å². The molecule has 3 fully saturated rings. The lowest BCUT2D eigenvalue weighted by Gasteiger charge is -2.20. The van der Waals surface area contributed by atoms with E-state index in [9.17, 15) is 9.59 Å². The number of rotatable bonds is 6. The van der Waals surface area contributed by atoms with Crippen LogP contribution in [0.2, 0.25) is 0 Å². The van der Waals surface area contributed by atoms with E-state index in [-0.39, 0.29) is 0 Å². The Balaban J connectivity index is 0.000000204. The maximum absolute atomic E-state index is 9.77. The Morgan fingerprint density at radius 3 is 2.06 bits per heavy atom. The van der Waals surface area contributed by atoms with Crippen LogP contribution < -0.4 is 5.32 Å². The second-order valence-electron chi connectivity index (χ2n) is 9.20. The van der Waals surface area contributed by atoms with E-state index in [2.05, 4.69) is 64.3 Å². The molecule has 1 saturated carbocycles. The molecule has 33 heavy (non-hydrogen) atoms. The van der Waals surface area contributed by atoms with Gasteiger partial charge >= 0.3 is 11.9 Å². The lowest BCUT2D eigenvalue weighted by Crippen LogP contribution is -2.39. The summed E-state index contributed by atoms with van der Waals surface area (Å²) in [6.07, 6.45) is 2.41. The van der Waals surface area contributed by atoms with E-state index >= 15 is 0 Å². The van der Waals surface area contributed by atoms with Crippen molar-refractivity contribution in [3.63, 3.8) is 0 Å². The number of carboxylic acid groups (broad SMARTS) is 2. The van der Waals surface area contributed by atoms with Crippen LogP contribution in [-0.4, -0.2) is 81.2 Å². The summed E-state index contributed by atoms with van der Waals surface area (Å²) < 4.78 is 1.19. The molecule has 0 amide bonds. The number of hydrogen-bond donors (Lipinski definition) is 5. The molecule has 4 rings (SSSR count). The van der Waals surface area contributed by atoms with Crippen LogP contribution in [0.3, 0.4) is 0 Å². The van der Waals surface area contributed by atoms with Crippen LogP contribution in [0, 0.1) is 5.92 Å². The van der Waals surface area contributed by atoms with Gasteiger partial charge in [-0.3, -0.25) is 0 Å². The van der Waals surface area contributed by atoms with E-state index < -0.39 is 24.1 Å². The minimum absolute atomic E-state index is 0.796. The number of benzene rings is 1. The Morgan fingerprint density at radius 1 is 1.06 bits per heavy atom. The van der Waals surface area contributed by atoms with Crippen molar-refractivity contribution in [1.29, 1.82) is 0 Å². The van der Waals surface area contributed by atoms with E-state index in [0.717, 1.165) is 23.9 Å². The van der Waals surface area contributed by atoms with Crippen molar-refractivity contribution in [3.05, 3.63) is 34.3 Å². The highest BCUT2D eigenvalue weighted by molar-refractivity contribution is 9.10. The van der Waals surface area contributed by atoms with E-state index in [1.807, 2.05) is 0 Å². The number of nitrogens with one attached hydrogen (secondary N) is 1. The number of carbonyl (C=O) groups is 2. The number of hydrogen-bond acceptors (Lipinski definition) is 6. The first kappa shape index (κ1) is 27.7. The third kappa shape index (κ3) is 9.33. The molecule has 1 aliphatic carbocycles. The molecular formula is C24H37BrN2O6. The molecule has 3 aliphatic rings. The molecule has 2 unspecified atom stereocenters. The topological polar surface area (TPSA) is 130 Å². The van der Waals surface area contributed by atoms with Gasteiger partial charge in [0.1, 0.15) is 0 Å². The summed E-state index contributed by atoms with van der Waals surface area (Å²) in [5, 5.41) is 35.8. The van der Waals surface area contributed by atoms with Crippen LogP contribution in [0.15, 0.2) is 28.7 Å². The van der Waals surface area contributed by atoms with Gasteiger partial charge in [0, 0.05) is 23.1 Å². The number of aliphatic hydroxyl groups excluding tert-OH is 2. The number of aliphatic carboxylic acids is 2. The minimum atomic E-state index is -2.27. The number of carboxylic acids is 2. The molecule has 186 valence electrons. The number of halogens is 1. The highest BCUT2D eigenvalue weighted by Gasteiger charge is 2.40. The first-order chi connectivity index (χ1) is 15.6. The highest BCUT2D eigenvalue weighted by atomic mass is 79.9. The average molecular weight is 529 g/mol. The lowest BCUT2D eigenvalue weighted by atomic mass is 10.1. The van der Waals surface area contributed by atoms with E-state index in [1.165, 1.54) is 61.8 Å². The molecular weight excluding hydrogens is 492 g/mol. The van der Waals surface area contributed by atoms with Crippen molar-refractivity contribution in [3.8, 4) is 0 Å². The Morgan fingerprint density at radius 2 is 1.67 bits per heavy atom. The summed E-state index contributed by atoms with van der Waals surface area (Å²) in [6.45, 7) is 8.49. The molecule has 9 heteroatoms. The average Bonchev–Trinajstić information content (AvgIpc) is 3.15. The molecule has 1 aromatic carbocycles. The summed E-state index contributed by atoms with van der Waals surface area (Å²) in [4.78, 5) is 22.2. The van der Waals surface area contributed by atoms with Gasteiger partial charge in [0.25, 0.3) is 0 Å². The van der Waals surface area contributed by atoms with Gasteiger partial charge in [-0.1, -0.05) is 28.1 Å². The first-order valence-electron chi connectivity index (χ1n) is 11.6. The molecule has 8 nitrogen and oxygen atoms in total. The van der Waals surface area contributed by atoms with Crippen LogP contribution >= 0.6 is 15.9 Å². The third-order valence-electron chi connectivity index (χ3n) is 6.49. The maximum atomic E-state index is 9.77. The van der Waals surface area contributed by atoms with Gasteiger partial charge in [0.05, 0.1) is 0 Å². The zero-order valence-corrected chi connectivity index (χ0v) is 20.9. The van der Waals surface area contributed by atoms with Crippen LogP contribution in [-0.2, 0) is 9.59 Å². The molecule has 0 aromatic heterocycles. The van der Waals surface area contributed by atoms with Crippen molar-refractivity contribution >= 4 is 27.9 Å². The summed E-state index contributed by atoms with van der Waals surface area (Å²) in [7, 11) is 0. The molecule has 0 radical (unpaired) electrons. The Labute approximate surface area is 204 Å². The normalized spacial score (nSPS) is 28.0. The molecule has 6 atom stereocenters. The largest absolute Gasteiger partial charge is 0.479 e. The second kappa shape index (κ2) is 13.4. The van der Waals surface area contributed by atoms with Gasteiger partial charge < -0.3 is 30.6 Å². The van der Waals surface area contributed by atoms with Gasteiger partial charge in [-0.25, -0.2) is 9.59 Å². The molecule has 5 N–H and O–H groups in total. The molecule has 2 heterocycles. The van der Waals surface area contributed by atoms with E-state index in [0.29, 0.717) is 0 Å². The first-order valence-corrected chi connectivity index (χ1v) is 12.4. The summed E-state index contributed by atoms with van der Waals surface area (Å²) in [6, 6.07) is 10.5. The van der Waals surface area contributed by atoms with E-state index in [1.54, 1.807) is 0 Å².